The Morgan fingerprint density at radius 1 is 0.886 bits per heavy atom. The largest absolute Gasteiger partial charge is 0.299 e. The molecule has 0 radical (unpaired) electrons. The standard InChI is InChI=1S/C24H27N3O3S.2C2H6/c1-16-11-10-14-19(17(16)2)20-15-25-23(31(6,29)30)26-21(20)27(5)22(28)24(3,4)18-12-8-7-9-13-18;2*1-2/h7-15H,1-6H3;2*1-2H3. The van der Waals surface area contributed by atoms with Crippen molar-refractivity contribution < 1.29 is 13.2 Å². The van der Waals surface area contributed by atoms with Crippen LogP contribution in [0.3, 0.4) is 0 Å². The smallest absolute Gasteiger partial charge is 0.248 e. The molecule has 7 heteroatoms. The molecule has 0 saturated heterocycles. The average Bonchev–Trinajstić information content (AvgIpc) is 2.87. The molecule has 0 saturated carbocycles. The van der Waals surface area contributed by atoms with E-state index in [1.165, 1.54) is 11.1 Å². The molecule has 3 aromatic rings. The molecule has 1 amide bonds. The van der Waals surface area contributed by atoms with Gasteiger partial charge < -0.3 is 0 Å². The van der Waals surface area contributed by atoms with Gasteiger partial charge >= 0.3 is 0 Å². The number of sulfone groups is 1. The summed E-state index contributed by atoms with van der Waals surface area (Å²) in [5, 5.41) is -0.311. The molecule has 0 aliphatic rings. The zero-order chi connectivity index (χ0) is 27.0. The Labute approximate surface area is 211 Å². The second-order valence-electron chi connectivity index (χ2n) is 8.26. The number of anilines is 1. The number of rotatable bonds is 5. The van der Waals surface area contributed by atoms with Crippen molar-refractivity contribution in [1.29, 1.82) is 0 Å². The van der Waals surface area contributed by atoms with E-state index in [1.54, 1.807) is 7.05 Å². The van der Waals surface area contributed by atoms with Crippen LogP contribution in [0.1, 0.15) is 58.2 Å². The van der Waals surface area contributed by atoms with Crippen LogP contribution in [0.4, 0.5) is 5.82 Å². The van der Waals surface area contributed by atoms with Gasteiger partial charge in [0.25, 0.3) is 0 Å². The van der Waals surface area contributed by atoms with Gasteiger partial charge in [-0.1, -0.05) is 76.2 Å². The summed E-state index contributed by atoms with van der Waals surface area (Å²) < 4.78 is 24.3. The Hall–Kier alpha value is -3.06. The highest BCUT2D eigenvalue weighted by atomic mass is 32.2. The summed E-state index contributed by atoms with van der Waals surface area (Å²) in [7, 11) is -2.03. The maximum Gasteiger partial charge on any atom is 0.248 e. The van der Waals surface area contributed by atoms with Gasteiger partial charge in [0.05, 0.1) is 5.41 Å². The SMILES string of the molecule is CC.CC.Cc1cccc(-c2cnc(S(C)(=O)=O)nc2N(C)C(=O)C(C)(C)c2ccccc2)c1C. The molecule has 1 heterocycles. The number of hydrogen-bond acceptors (Lipinski definition) is 5. The molecular weight excluding hydrogens is 458 g/mol. The maximum atomic E-state index is 13.6. The molecule has 35 heavy (non-hydrogen) atoms. The summed E-state index contributed by atoms with van der Waals surface area (Å²) in [6.07, 6.45) is 2.54. The number of nitrogens with zero attached hydrogens (tertiary/aromatic N) is 3. The molecule has 190 valence electrons. The van der Waals surface area contributed by atoms with Gasteiger partial charge in [0, 0.05) is 25.1 Å². The van der Waals surface area contributed by atoms with E-state index < -0.39 is 15.3 Å². The van der Waals surface area contributed by atoms with Crippen molar-refractivity contribution in [2.24, 2.45) is 0 Å². The third-order valence-electron chi connectivity index (χ3n) is 5.63. The highest BCUT2D eigenvalue weighted by Gasteiger charge is 2.35. The number of likely N-dealkylation sites (N-methyl/N-ethyl adjacent to an activating group) is 1. The number of hydrogen-bond donors (Lipinski definition) is 0. The van der Waals surface area contributed by atoms with Gasteiger partial charge in [-0.2, -0.15) is 4.98 Å². The Balaban J connectivity index is 0.00000145. The Morgan fingerprint density at radius 3 is 2.00 bits per heavy atom. The van der Waals surface area contributed by atoms with Gasteiger partial charge in [-0.25, -0.2) is 13.4 Å². The lowest BCUT2D eigenvalue weighted by Crippen LogP contribution is -2.42. The first kappa shape index (κ1) is 30.0. The topological polar surface area (TPSA) is 80.2 Å². The fourth-order valence-electron chi connectivity index (χ4n) is 3.52. The number of aromatic nitrogens is 2. The van der Waals surface area contributed by atoms with Crippen molar-refractivity contribution in [2.45, 2.75) is 66.0 Å². The van der Waals surface area contributed by atoms with E-state index in [4.69, 9.17) is 0 Å². The molecule has 6 nitrogen and oxygen atoms in total. The average molecular weight is 498 g/mol. The Bertz CT molecular complexity index is 1240. The highest BCUT2D eigenvalue weighted by molar-refractivity contribution is 7.90. The van der Waals surface area contributed by atoms with Crippen molar-refractivity contribution >= 4 is 21.6 Å². The minimum Gasteiger partial charge on any atom is -0.299 e. The van der Waals surface area contributed by atoms with Gasteiger partial charge in [-0.3, -0.25) is 9.69 Å². The molecule has 0 aliphatic carbocycles. The van der Waals surface area contributed by atoms with E-state index in [0.29, 0.717) is 5.56 Å². The second-order valence-corrected chi connectivity index (χ2v) is 10.2. The summed E-state index contributed by atoms with van der Waals surface area (Å²) in [4.78, 5) is 23.4. The summed E-state index contributed by atoms with van der Waals surface area (Å²) in [5.41, 5.74) is 3.57. The normalized spacial score (nSPS) is 10.9. The molecule has 0 unspecified atom stereocenters. The fourth-order valence-corrected chi connectivity index (χ4v) is 4.01. The number of benzene rings is 2. The molecule has 2 aromatic carbocycles. The summed E-state index contributed by atoms with van der Waals surface area (Å²) in [6.45, 7) is 15.7. The highest BCUT2D eigenvalue weighted by Crippen LogP contribution is 2.35. The van der Waals surface area contributed by atoms with Crippen molar-refractivity contribution in [2.75, 3.05) is 18.2 Å². The number of carbonyl (C=O) groups is 1. The van der Waals surface area contributed by atoms with Crippen molar-refractivity contribution in [3.63, 3.8) is 0 Å². The molecule has 0 aliphatic heterocycles. The molecule has 1 aromatic heterocycles. The third kappa shape index (κ3) is 6.75. The summed E-state index contributed by atoms with van der Waals surface area (Å²) >= 11 is 0. The lowest BCUT2D eigenvalue weighted by molar-refractivity contribution is -0.122. The Morgan fingerprint density at radius 2 is 1.46 bits per heavy atom. The van der Waals surface area contributed by atoms with Gasteiger partial charge in [-0.05, 0) is 49.9 Å². The van der Waals surface area contributed by atoms with E-state index in [9.17, 15) is 13.2 Å². The molecule has 0 atom stereocenters. The zero-order valence-electron chi connectivity index (χ0n) is 22.7. The van der Waals surface area contributed by atoms with Gasteiger partial charge in [0.1, 0.15) is 5.82 Å². The van der Waals surface area contributed by atoms with Gasteiger partial charge in [0.15, 0.2) is 0 Å². The van der Waals surface area contributed by atoms with Crippen LogP contribution < -0.4 is 4.90 Å². The predicted molar refractivity (Wildman–Crippen MR) is 146 cm³/mol. The van der Waals surface area contributed by atoms with Crippen LogP contribution >= 0.6 is 0 Å². The quantitative estimate of drug-likeness (QED) is 0.395. The van der Waals surface area contributed by atoms with Crippen LogP contribution in [0, 0.1) is 13.8 Å². The first-order chi connectivity index (χ1) is 16.4. The van der Waals surface area contributed by atoms with Gasteiger partial charge in [-0.15, -0.1) is 0 Å². The minimum atomic E-state index is -3.65. The maximum absolute atomic E-state index is 13.6. The summed E-state index contributed by atoms with van der Waals surface area (Å²) in [5.74, 6) is 0.0570. The molecule has 0 fully saturated rings. The molecule has 0 bridgehead atoms. The van der Waals surface area contributed by atoms with E-state index in [2.05, 4.69) is 9.97 Å². The van der Waals surface area contributed by atoms with Crippen LogP contribution in [-0.4, -0.2) is 37.6 Å². The van der Waals surface area contributed by atoms with E-state index in [0.717, 1.165) is 28.5 Å². The monoisotopic (exact) mass is 497 g/mol. The number of amides is 1. The Kier molecular flexibility index (Phi) is 10.8. The van der Waals surface area contributed by atoms with Crippen molar-refractivity contribution in [3.8, 4) is 11.1 Å². The second kappa shape index (κ2) is 12.6. The summed E-state index contributed by atoms with van der Waals surface area (Å²) in [6, 6.07) is 15.3. The molecule has 0 spiro atoms. The van der Waals surface area contributed by atoms with Crippen LogP contribution in [0.15, 0.2) is 59.9 Å². The van der Waals surface area contributed by atoms with E-state index in [1.807, 2.05) is 104 Å². The van der Waals surface area contributed by atoms with E-state index >= 15 is 0 Å². The van der Waals surface area contributed by atoms with Crippen LogP contribution in [0.2, 0.25) is 0 Å². The number of aryl methyl sites for hydroxylation is 1. The third-order valence-corrected chi connectivity index (χ3v) is 6.49. The van der Waals surface area contributed by atoms with Crippen LogP contribution in [-0.2, 0) is 20.0 Å². The van der Waals surface area contributed by atoms with Gasteiger partial charge in [0.2, 0.25) is 20.9 Å². The van der Waals surface area contributed by atoms with Crippen molar-refractivity contribution in [3.05, 3.63) is 71.4 Å². The van der Waals surface area contributed by atoms with Crippen LogP contribution in [0.25, 0.3) is 11.1 Å². The molecular formula is C28H39N3O3S. The minimum absolute atomic E-state index is 0.205. The number of carbonyl (C=O) groups excluding carboxylic acids is 1. The molecule has 0 N–H and O–H groups in total. The van der Waals surface area contributed by atoms with Crippen LogP contribution in [0.5, 0.6) is 0 Å². The zero-order valence-corrected chi connectivity index (χ0v) is 23.5. The lowest BCUT2D eigenvalue weighted by atomic mass is 9.83. The fraction of sp³-hybridized carbons (Fsp3) is 0.393. The molecule has 3 rings (SSSR count). The first-order valence-corrected chi connectivity index (χ1v) is 13.8. The van der Waals surface area contributed by atoms with Crippen molar-refractivity contribution in [1.82, 2.24) is 9.97 Å². The predicted octanol–water partition coefficient (Wildman–Crippen LogP) is 6.16. The first-order valence-electron chi connectivity index (χ1n) is 11.9. The van der Waals surface area contributed by atoms with E-state index in [-0.39, 0.29) is 16.9 Å². The lowest BCUT2D eigenvalue weighted by Gasteiger charge is -2.30.